The van der Waals surface area contributed by atoms with E-state index in [1.165, 1.54) is 0 Å². The minimum absolute atomic E-state index is 0.205. The molecule has 2 aliphatic rings. The molecule has 2 amide bonds. The normalized spacial score (nSPS) is 38.2. The summed E-state index contributed by atoms with van der Waals surface area (Å²) in [6, 6.07) is 0.0527. The Kier molecular flexibility index (Phi) is 1.27. The molecule has 1 saturated carbocycles. The molecule has 1 aliphatic carbocycles. The average molecular weight is 142 g/mol. The van der Waals surface area contributed by atoms with Crippen molar-refractivity contribution in [1.29, 1.82) is 0 Å². The van der Waals surface area contributed by atoms with Crippen molar-refractivity contribution in [2.75, 3.05) is 0 Å². The van der Waals surface area contributed by atoms with Gasteiger partial charge in [-0.2, -0.15) is 0 Å². The zero-order valence-corrected chi connectivity index (χ0v) is 5.59. The fraction of sp³-hybridized carbons (Fsp3) is 0.833. The minimum Gasteiger partial charge on any atom is -0.331 e. The third-order valence-corrected chi connectivity index (χ3v) is 2.07. The maximum absolute atomic E-state index is 10.7. The summed E-state index contributed by atoms with van der Waals surface area (Å²) < 4.78 is 0. The van der Waals surface area contributed by atoms with Gasteiger partial charge in [0.05, 0.1) is 6.04 Å². The highest BCUT2D eigenvalue weighted by Gasteiger charge is 2.33. The van der Waals surface area contributed by atoms with Crippen LogP contribution >= 0.6 is 0 Å². The Morgan fingerprint density at radius 3 is 3.30 bits per heavy atom. The van der Waals surface area contributed by atoms with Crippen LogP contribution in [-0.2, 0) is 4.84 Å². The topological polar surface area (TPSA) is 50.4 Å². The highest BCUT2D eigenvalue weighted by Crippen LogP contribution is 2.22. The standard InChI is InChI=1S/C6H10N2O2/c9-6-7-4-2-1-3-5(4)10-8-6/h4-5H,1-3H2,(H2,7,8,9). The van der Waals surface area contributed by atoms with E-state index >= 15 is 0 Å². The van der Waals surface area contributed by atoms with Crippen molar-refractivity contribution >= 4 is 6.03 Å². The molecular weight excluding hydrogens is 132 g/mol. The molecule has 2 rings (SSSR count). The van der Waals surface area contributed by atoms with E-state index in [9.17, 15) is 4.79 Å². The lowest BCUT2D eigenvalue weighted by molar-refractivity contribution is -0.0329. The summed E-state index contributed by atoms with van der Waals surface area (Å²) in [5.41, 5.74) is 2.30. The third-order valence-electron chi connectivity index (χ3n) is 2.07. The second kappa shape index (κ2) is 2.12. The summed E-state index contributed by atoms with van der Waals surface area (Å²) in [7, 11) is 0. The lowest BCUT2D eigenvalue weighted by atomic mass is 10.2. The van der Waals surface area contributed by atoms with Crippen LogP contribution in [0.3, 0.4) is 0 Å². The number of urea groups is 1. The first-order valence-electron chi connectivity index (χ1n) is 3.58. The van der Waals surface area contributed by atoms with E-state index in [2.05, 4.69) is 10.8 Å². The van der Waals surface area contributed by atoms with Gasteiger partial charge in [-0.3, -0.25) is 4.84 Å². The SMILES string of the molecule is O=C1NOC2CCCC2N1. The van der Waals surface area contributed by atoms with E-state index in [4.69, 9.17) is 4.84 Å². The van der Waals surface area contributed by atoms with Gasteiger partial charge in [-0.25, -0.2) is 10.3 Å². The number of carbonyl (C=O) groups excluding carboxylic acids is 1. The van der Waals surface area contributed by atoms with Crippen LogP contribution in [0.15, 0.2) is 0 Å². The Morgan fingerprint density at radius 2 is 2.40 bits per heavy atom. The second-order valence-corrected chi connectivity index (χ2v) is 2.77. The van der Waals surface area contributed by atoms with Crippen LogP contribution in [0.5, 0.6) is 0 Å². The Morgan fingerprint density at radius 1 is 1.50 bits per heavy atom. The zero-order valence-electron chi connectivity index (χ0n) is 5.59. The largest absolute Gasteiger partial charge is 0.339 e. The van der Waals surface area contributed by atoms with Gasteiger partial charge in [0.15, 0.2) is 0 Å². The number of amides is 2. The van der Waals surface area contributed by atoms with Crippen LogP contribution < -0.4 is 10.8 Å². The molecule has 0 bridgehead atoms. The molecule has 1 saturated heterocycles. The molecule has 0 spiro atoms. The first-order valence-corrected chi connectivity index (χ1v) is 3.58. The lowest BCUT2D eigenvalue weighted by Gasteiger charge is -2.26. The molecule has 0 radical (unpaired) electrons. The van der Waals surface area contributed by atoms with Crippen LogP contribution in [-0.4, -0.2) is 18.2 Å². The van der Waals surface area contributed by atoms with Crippen molar-refractivity contribution in [3.8, 4) is 0 Å². The van der Waals surface area contributed by atoms with E-state index in [0.717, 1.165) is 19.3 Å². The van der Waals surface area contributed by atoms with Gasteiger partial charge in [-0.1, -0.05) is 0 Å². The molecular formula is C6H10N2O2. The first kappa shape index (κ1) is 5.97. The van der Waals surface area contributed by atoms with E-state index in [1.54, 1.807) is 0 Å². The summed E-state index contributed by atoms with van der Waals surface area (Å²) in [4.78, 5) is 15.7. The summed E-state index contributed by atoms with van der Waals surface area (Å²) >= 11 is 0. The van der Waals surface area contributed by atoms with Crippen molar-refractivity contribution in [3.05, 3.63) is 0 Å². The van der Waals surface area contributed by atoms with Crippen molar-refractivity contribution in [3.63, 3.8) is 0 Å². The predicted molar refractivity (Wildman–Crippen MR) is 34.2 cm³/mol. The van der Waals surface area contributed by atoms with Crippen molar-refractivity contribution in [2.45, 2.75) is 31.4 Å². The van der Waals surface area contributed by atoms with E-state index in [-0.39, 0.29) is 18.2 Å². The van der Waals surface area contributed by atoms with Gasteiger partial charge in [-0.05, 0) is 19.3 Å². The molecule has 0 aromatic heterocycles. The van der Waals surface area contributed by atoms with E-state index in [1.807, 2.05) is 0 Å². The number of hydroxylamine groups is 1. The average Bonchev–Trinajstić information content (AvgIpc) is 2.33. The van der Waals surface area contributed by atoms with E-state index < -0.39 is 0 Å². The summed E-state index contributed by atoms with van der Waals surface area (Å²) in [6.07, 6.45) is 3.46. The molecule has 2 atom stereocenters. The molecule has 4 heteroatoms. The van der Waals surface area contributed by atoms with Crippen LogP contribution in [0.1, 0.15) is 19.3 Å². The Labute approximate surface area is 58.9 Å². The van der Waals surface area contributed by atoms with Crippen LogP contribution in [0.4, 0.5) is 4.79 Å². The van der Waals surface area contributed by atoms with Crippen molar-refractivity contribution < 1.29 is 9.63 Å². The predicted octanol–water partition coefficient (Wildman–Crippen LogP) is 0.152. The molecule has 2 N–H and O–H groups in total. The van der Waals surface area contributed by atoms with Gasteiger partial charge in [0, 0.05) is 0 Å². The highest BCUT2D eigenvalue weighted by molar-refractivity contribution is 5.73. The molecule has 10 heavy (non-hydrogen) atoms. The molecule has 1 aliphatic heterocycles. The number of hydrogen-bond donors (Lipinski definition) is 2. The minimum atomic E-state index is -0.205. The highest BCUT2D eigenvalue weighted by atomic mass is 16.7. The molecule has 0 aromatic rings. The third kappa shape index (κ3) is 0.844. The molecule has 0 aromatic carbocycles. The maximum atomic E-state index is 10.7. The van der Waals surface area contributed by atoms with Gasteiger partial charge >= 0.3 is 6.03 Å². The number of nitrogens with one attached hydrogen (secondary N) is 2. The Hall–Kier alpha value is -0.770. The molecule has 1 heterocycles. The molecule has 2 unspecified atom stereocenters. The van der Waals surface area contributed by atoms with Gasteiger partial charge in [0.1, 0.15) is 6.10 Å². The van der Waals surface area contributed by atoms with Gasteiger partial charge in [-0.15, -0.1) is 0 Å². The van der Waals surface area contributed by atoms with Gasteiger partial charge in [0.25, 0.3) is 0 Å². The fourth-order valence-electron chi connectivity index (χ4n) is 1.56. The number of hydrogen-bond acceptors (Lipinski definition) is 2. The summed E-state index contributed by atoms with van der Waals surface area (Å²) in [5.74, 6) is 0. The maximum Gasteiger partial charge on any atom is 0.339 e. The van der Waals surface area contributed by atoms with Crippen LogP contribution in [0.2, 0.25) is 0 Å². The Bertz CT molecular complexity index is 160. The molecule has 56 valence electrons. The lowest BCUT2D eigenvalue weighted by Crippen LogP contribution is -2.53. The molecule has 4 nitrogen and oxygen atoms in total. The summed E-state index contributed by atoms with van der Waals surface area (Å²) in [5, 5.41) is 2.80. The molecule has 2 fully saturated rings. The Balaban J connectivity index is 2.03. The van der Waals surface area contributed by atoms with Gasteiger partial charge in [0.2, 0.25) is 0 Å². The fourth-order valence-corrected chi connectivity index (χ4v) is 1.56. The number of rotatable bonds is 0. The summed E-state index contributed by atoms with van der Waals surface area (Å²) in [6.45, 7) is 0. The smallest absolute Gasteiger partial charge is 0.331 e. The van der Waals surface area contributed by atoms with Crippen molar-refractivity contribution in [1.82, 2.24) is 10.8 Å². The van der Waals surface area contributed by atoms with E-state index in [0.29, 0.717) is 0 Å². The van der Waals surface area contributed by atoms with Crippen LogP contribution in [0.25, 0.3) is 0 Å². The van der Waals surface area contributed by atoms with Crippen molar-refractivity contribution in [2.24, 2.45) is 0 Å². The quantitative estimate of drug-likeness (QED) is 0.506. The second-order valence-electron chi connectivity index (χ2n) is 2.77. The first-order chi connectivity index (χ1) is 4.86. The zero-order chi connectivity index (χ0) is 6.97. The number of carbonyl (C=O) groups is 1. The number of fused-ring (bicyclic) bond motifs is 1. The monoisotopic (exact) mass is 142 g/mol. The van der Waals surface area contributed by atoms with Crippen LogP contribution in [0, 0.1) is 0 Å². The van der Waals surface area contributed by atoms with Gasteiger partial charge < -0.3 is 5.32 Å².